The van der Waals surface area contributed by atoms with Gasteiger partial charge in [0.15, 0.2) is 9.84 Å². The molecule has 2 fully saturated rings. The number of ketones is 1. The van der Waals surface area contributed by atoms with Crippen LogP contribution in [-0.4, -0.2) is 87.1 Å². The van der Waals surface area contributed by atoms with Crippen molar-refractivity contribution < 1.29 is 32.3 Å². The third-order valence-corrected chi connectivity index (χ3v) is 8.97. The van der Waals surface area contributed by atoms with Gasteiger partial charge < -0.3 is 25.6 Å². The molecule has 12 heteroatoms. The Balaban J connectivity index is 1.64. The fraction of sp³-hybridized carbons (Fsp3) is 0.630. The van der Waals surface area contributed by atoms with Crippen LogP contribution in [0.3, 0.4) is 0 Å². The van der Waals surface area contributed by atoms with E-state index in [9.17, 15) is 27.6 Å². The van der Waals surface area contributed by atoms with Crippen molar-refractivity contribution in [2.45, 2.75) is 74.8 Å². The van der Waals surface area contributed by atoms with Crippen molar-refractivity contribution in [3.8, 4) is 0 Å². The monoisotopic (exact) mass is 564 g/mol. The van der Waals surface area contributed by atoms with Gasteiger partial charge in [0.1, 0.15) is 5.54 Å². The first-order chi connectivity index (χ1) is 18.7. The van der Waals surface area contributed by atoms with Gasteiger partial charge in [-0.15, -0.1) is 0 Å². The second-order valence-corrected chi connectivity index (χ2v) is 12.2. The lowest BCUT2D eigenvalue weighted by molar-refractivity contribution is -0.141. The third-order valence-electron chi connectivity index (χ3n) is 7.24. The molecule has 1 saturated carbocycles. The van der Waals surface area contributed by atoms with E-state index in [2.05, 4.69) is 16.0 Å². The van der Waals surface area contributed by atoms with Gasteiger partial charge in [-0.25, -0.2) is 13.2 Å². The average Bonchev–Trinajstić information content (AvgIpc) is 2.96. The summed E-state index contributed by atoms with van der Waals surface area (Å²) in [6, 6.07) is 6.44. The number of unbranched alkanes of at least 4 members (excludes halogenated alkanes) is 1. The number of Topliss-reactive ketones (excluding diaryl/α,β-unsaturated/α-hetero) is 1. The van der Waals surface area contributed by atoms with E-state index in [-0.39, 0.29) is 29.6 Å². The number of amides is 4. The molecule has 1 heterocycles. The zero-order valence-corrected chi connectivity index (χ0v) is 23.4. The first kappa shape index (κ1) is 30.6. The van der Waals surface area contributed by atoms with Crippen molar-refractivity contribution in [2.75, 3.05) is 38.6 Å². The van der Waals surface area contributed by atoms with Crippen LogP contribution in [0.1, 0.15) is 58.3 Å². The van der Waals surface area contributed by atoms with Crippen LogP contribution in [0, 0.1) is 0 Å². The van der Waals surface area contributed by atoms with Crippen LogP contribution in [-0.2, 0) is 29.0 Å². The summed E-state index contributed by atoms with van der Waals surface area (Å²) >= 11 is 0. The average molecular weight is 565 g/mol. The van der Waals surface area contributed by atoms with E-state index in [1.807, 2.05) is 6.92 Å². The van der Waals surface area contributed by atoms with E-state index in [4.69, 9.17) is 4.74 Å². The summed E-state index contributed by atoms with van der Waals surface area (Å²) in [4.78, 5) is 54.1. The Kier molecular flexibility index (Phi) is 11.3. The Morgan fingerprint density at radius 2 is 1.69 bits per heavy atom. The molecule has 0 radical (unpaired) electrons. The summed E-state index contributed by atoms with van der Waals surface area (Å²) in [6.07, 6.45) is 4.91. The van der Waals surface area contributed by atoms with Crippen molar-refractivity contribution in [1.82, 2.24) is 20.9 Å². The molecular weight excluding hydrogens is 524 g/mol. The van der Waals surface area contributed by atoms with Crippen molar-refractivity contribution in [1.29, 1.82) is 0 Å². The SMILES string of the molecule is CCCCC(NC(=O)C1(NC(=O)N2CCOCC2)CCCCC1)C(=O)C(=O)NCCS(=O)(=O)c1ccccc1. The highest BCUT2D eigenvalue weighted by Gasteiger charge is 2.43. The van der Waals surface area contributed by atoms with Crippen LogP contribution in [0.2, 0.25) is 0 Å². The number of carbonyl (C=O) groups is 4. The molecule has 39 heavy (non-hydrogen) atoms. The summed E-state index contributed by atoms with van der Waals surface area (Å²) in [5.41, 5.74) is -1.17. The van der Waals surface area contributed by atoms with Crippen LogP contribution in [0.5, 0.6) is 0 Å². The number of carbonyl (C=O) groups excluding carboxylic acids is 4. The van der Waals surface area contributed by atoms with Crippen LogP contribution in [0.25, 0.3) is 0 Å². The molecule has 1 aromatic carbocycles. The smallest absolute Gasteiger partial charge is 0.318 e. The Labute approximate surface area is 230 Å². The molecule has 1 saturated heterocycles. The van der Waals surface area contributed by atoms with Gasteiger partial charge in [0.05, 0.1) is 29.9 Å². The number of nitrogens with one attached hydrogen (secondary N) is 3. The van der Waals surface area contributed by atoms with Gasteiger partial charge in [-0.2, -0.15) is 0 Å². The number of ether oxygens (including phenoxy) is 1. The largest absolute Gasteiger partial charge is 0.378 e. The van der Waals surface area contributed by atoms with Gasteiger partial charge >= 0.3 is 6.03 Å². The van der Waals surface area contributed by atoms with Gasteiger partial charge in [0, 0.05) is 19.6 Å². The molecule has 1 atom stereocenters. The van der Waals surface area contributed by atoms with Gasteiger partial charge in [-0.3, -0.25) is 14.4 Å². The number of sulfone groups is 1. The lowest BCUT2D eigenvalue weighted by atomic mass is 9.80. The molecule has 0 bridgehead atoms. The number of hydrogen-bond acceptors (Lipinski definition) is 7. The van der Waals surface area contributed by atoms with Crippen LogP contribution >= 0.6 is 0 Å². The van der Waals surface area contributed by atoms with E-state index < -0.39 is 39.0 Å². The fourth-order valence-electron chi connectivity index (χ4n) is 4.88. The number of urea groups is 1. The molecule has 1 aliphatic carbocycles. The van der Waals surface area contributed by atoms with Crippen molar-refractivity contribution in [2.24, 2.45) is 0 Å². The Hall–Kier alpha value is -2.99. The summed E-state index contributed by atoms with van der Waals surface area (Å²) in [7, 11) is -3.63. The molecule has 1 aliphatic heterocycles. The molecule has 0 spiro atoms. The number of hydrogen-bond donors (Lipinski definition) is 3. The van der Waals surface area contributed by atoms with Gasteiger partial charge in [-0.05, 0) is 31.4 Å². The zero-order valence-electron chi connectivity index (χ0n) is 22.6. The number of benzene rings is 1. The topological polar surface area (TPSA) is 151 Å². The molecule has 11 nitrogen and oxygen atoms in total. The number of nitrogens with zero attached hydrogens (tertiary/aromatic N) is 1. The Morgan fingerprint density at radius 1 is 1.03 bits per heavy atom. The normalized spacial score (nSPS) is 18.0. The molecule has 216 valence electrons. The minimum Gasteiger partial charge on any atom is -0.378 e. The Morgan fingerprint density at radius 3 is 2.33 bits per heavy atom. The maximum absolute atomic E-state index is 13.6. The molecule has 0 aromatic heterocycles. The van der Waals surface area contributed by atoms with E-state index in [1.54, 1.807) is 23.1 Å². The number of morpholine rings is 1. The van der Waals surface area contributed by atoms with Crippen LogP contribution in [0.15, 0.2) is 35.2 Å². The molecule has 3 N–H and O–H groups in total. The van der Waals surface area contributed by atoms with E-state index in [0.29, 0.717) is 45.6 Å². The molecule has 4 amide bonds. The lowest BCUT2D eigenvalue weighted by Crippen LogP contribution is -2.64. The summed E-state index contributed by atoms with van der Waals surface area (Å²) in [5, 5.41) is 8.09. The first-order valence-electron chi connectivity index (χ1n) is 13.7. The zero-order chi connectivity index (χ0) is 28.3. The van der Waals surface area contributed by atoms with Crippen molar-refractivity contribution >= 4 is 33.5 Å². The molecular formula is C27H40N4O7S. The standard InChI is InChI=1S/C27H40N4O7S/c1-2-3-12-22(23(32)24(33)28-15-20-39(36,37)21-10-6-4-7-11-21)29-25(34)27(13-8-5-9-14-27)30-26(35)31-16-18-38-19-17-31/h4,6-7,10-11,22H,2-3,5,8-9,12-20H2,1H3,(H,28,33)(H,29,34)(H,30,35). The second-order valence-electron chi connectivity index (χ2n) is 10.1. The van der Waals surface area contributed by atoms with Gasteiger partial charge in [-0.1, -0.05) is 57.2 Å². The maximum Gasteiger partial charge on any atom is 0.318 e. The van der Waals surface area contributed by atoms with Crippen molar-refractivity contribution in [3.63, 3.8) is 0 Å². The highest BCUT2D eigenvalue weighted by molar-refractivity contribution is 7.91. The van der Waals surface area contributed by atoms with E-state index >= 15 is 0 Å². The summed E-state index contributed by atoms with van der Waals surface area (Å²) in [5.74, 6) is -2.62. The highest BCUT2D eigenvalue weighted by atomic mass is 32.2. The van der Waals surface area contributed by atoms with Gasteiger partial charge in [0.25, 0.3) is 5.91 Å². The summed E-state index contributed by atoms with van der Waals surface area (Å²) < 4.78 is 30.3. The Bertz CT molecular complexity index is 1100. The maximum atomic E-state index is 13.6. The van der Waals surface area contributed by atoms with E-state index in [1.165, 1.54) is 12.1 Å². The van der Waals surface area contributed by atoms with Crippen LogP contribution < -0.4 is 16.0 Å². The number of rotatable bonds is 12. The molecule has 3 rings (SSSR count). The first-order valence-corrected chi connectivity index (χ1v) is 15.4. The van der Waals surface area contributed by atoms with Crippen molar-refractivity contribution in [3.05, 3.63) is 30.3 Å². The minimum absolute atomic E-state index is 0.135. The lowest BCUT2D eigenvalue weighted by Gasteiger charge is -2.39. The fourth-order valence-corrected chi connectivity index (χ4v) is 6.06. The predicted molar refractivity (Wildman–Crippen MR) is 145 cm³/mol. The molecule has 1 unspecified atom stereocenters. The second kappa shape index (κ2) is 14.4. The third kappa shape index (κ3) is 8.50. The minimum atomic E-state index is -3.63. The van der Waals surface area contributed by atoms with E-state index in [0.717, 1.165) is 25.7 Å². The van der Waals surface area contributed by atoms with Gasteiger partial charge in [0.2, 0.25) is 11.7 Å². The molecule has 1 aromatic rings. The molecule has 2 aliphatic rings. The quantitative estimate of drug-likeness (QED) is 0.326. The van der Waals surface area contributed by atoms with Crippen LogP contribution in [0.4, 0.5) is 4.79 Å². The summed E-state index contributed by atoms with van der Waals surface area (Å²) in [6.45, 7) is 3.42. The highest BCUT2D eigenvalue weighted by Crippen LogP contribution is 2.29. The predicted octanol–water partition coefficient (Wildman–Crippen LogP) is 1.57.